The summed E-state index contributed by atoms with van der Waals surface area (Å²) in [6.45, 7) is 7.54. The molecule has 0 spiro atoms. The number of nitrogens with zero attached hydrogens (tertiary/aromatic N) is 1. The maximum atomic E-state index is 12.3. The molecule has 0 N–H and O–H groups in total. The lowest BCUT2D eigenvalue weighted by Crippen LogP contribution is -2.35. The molecule has 0 unspecified atom stereocenters. The maximum absolute atomic E-state index is 12.3. The van der Waals surface area contributed by atoms with Crippen molar-refractivity contribution in [2.24, 2.45) is 5.92 Å². The fourth-order valence-electron chi connectivity index (χ4n) is 2.10. The molecule has 0 saturated heterocycles. The lowest BCUT2D eigenvalue weighted by molar-refractivity contribution is -0.136. The van der Waals surface area contributed by atoms with Gasteiger partial charge in [-0.15, -0.1) is 0 Å². The normalized spacial score (nSPS) is 10.7. The van der Waals surface area contributed by atoms with Gasteiger partial charge in [0.25, 0.3) is 0 Å². The molecule has 0 aliphatic carbocycles. The molecule has 0 fully saturated rings. The summed E-state index contributed by atoms with van der Waals surface area (Å²) in [5, 5.41) is 0.721. The third-order valence-electron chi connectivity index (χ3n) is 3.29. The monoisotopic (exact) mass is 267 g/mol. The van der Waals surface area contributed by atoms with E-state index in [-0.39, 0.29) is 11.8 Å². The van der Waals surface area contributed by atoms with Gasteiger partial charge in [0.2, 0.25) is 5.91 Å². The van der Waals surface area contributed by atoms with E-state index >= 15 is 0 Å². The van der Waals surface area contributed by atoms with E-state index in [9.17, 15) is 4.79 Å². The van der Waals surface area contributed by atoms with Crippen LogP contribution in [0.2, 0.25) is 5.02 Å². The van der Waals surface area contributed by atoms with E-state index in [0.29, 0.717) is 6.54 Å². The number of benzene rings is 1. The van der Waals surface area contributed by atoms with E-state index in [0.717, 1.165) is 30.0 Å². The highest BCUT2D eigenvalue weighted by Gasteiger charge is 2.20. The zero-order valence-electron chi connectivity index (χ0n) is 11.4. The van der Waals surface area contributed by atoms with Crippen molar-refractivity contribution in [3.05, 3.63) is 34.9 Å². The summed E-state index contributed by atoms with van der Waals surface area (Å²) in [6, 6.07) is 7.70. The highest BCUT2D eigenvalue weighted by Crippen LogP contribution is 2.16. The minimum atomic E-state index is 0.143. The van der Waals surface area contributed by atoms with Crippen LogP contribution in [0.1, 0.15) is 39.2 Å². The van der Waals surface area contributed by atoms with E-state index in [2.05, 4.69) is 13.8 Å². The van der Waals surface area contributed by atoms with Crippen LogP contribution in [0.15, 0.2) is 24.3 Å². The highest BCUT2D eigenvalue weighted by atomic mass is 35.5. The van der Waals surface area contributed by atoms with Crippen molar-refractivity contribution in [3.8, 4) is 0 Å². The van der Waals surface area contributed by atoms with Crippen molar-refractivity contribution >= 4 is 17.5 Å². The number of rotatable bonds is 6. The standard InChI is InChI=1S/C15H22ClNO/c1-4-13(5-2)15(18)17(6-3)11-12-8-7-9-14(16)10-12/h7-10,13H,4-6,11H2,1-3H3. The molecule has 0 bridgehead atoms. The van der Waals surface area contributed by atoms with Gasteiger partial charge in [-0.1, -0.05) is 37.6 Å². The van der Waals surface area contributed by atoms with Crippen LogP contribution in [-0.2, 0) is 11.3 Å². The quantitative estimate of drug-likeness (QED) is 0.759. The molecule has 0 saturated carbocycles. The first-order chi connectivity index (χ1) is 8.62. The first kappa shape index (κ1) is 15.0. The van der Waals surface area contributed by atoms with Gasteiger partial charge in [-0.25, -0.2) is 0 Å². The molecule has 100 valence electrons. The molecule has 18 heavy (non-hydrogen) atoms. The van der Waals surface area contributed by atoms with Crippen molar-refractivity contribution < 1.29 is 4.79 Å². The Morgan fingerprint density at radius 2 is 1.94 bits per heavy atom. The number of hydrogen-bond acceptors (Lipinski definition) is 1. The molecular weight excluding hydrogens is 246 g/mol. The second-order valence-electron chi connectivity index (χ2n) is 4.50. The molecule has 0 heterocycles. The smallest absolute Gasteiger partial charge is 0.225 e. The first-order valence-corrected chi connectivity index (χ1v) is 7.03. The largest absolute Gasteiger partial charge is 0.338 e. The molecule has 1 aromatic carbocycles. The minimum absolute atomic E-state index is 0.143. The van der Waals surface area contributed by atoms with Gasteiger partial charge in [-0.2, -0.15) is 0 Å². The molecular formula is C15H22ClNO. The Hall–Kier alpha value is -1.02. The maximum Gasteiger partial charge on any atom is 0.225 e. The average molecular weight is 268 g/mol. The Morgan fingerprint density at radius 1 is 1.28 bits per heavy atom. The fraction of sp³-hybridized carbons (Fsp3) is 0.533. The van der Waals surface area contributed by atoms with Gasteiger partial charge < -0.3 is 4.90 Å². The van der Waals surface area contributed by atoms with Crippen LogP contribution in [0.3, 0.4) is 0 Å². The summed E-state index contributed by atoms with van der Waals surface area (Å²) in [6.07, 6.45) is 1.81. The van der Waals surface area contributed by atoms with Crippen LogP contribution < -0.4 is 0 Å². The molecule has 2 nitrogen and oxygen atoms in total. The highest BCUT2D eigenvalue weighted by molar-refractivity contribution is 6.30. The summed E-state index contributed by atoms with van der Waals surface area (Å²) in [5.41, 5.74) is 1.09. The zero-order chi connectivity index (χ0) is 13.5. The number of carbonyl (C=O) groups is 1. The van der Waals surface area contributed by atoms with Crippen LogP contribution in [0, 0.1) is 5.92 Å². The number of halogens is 1. The third kappa shape index (κ3) is 4.02. The number of carbonyl (C=O) groups excluding carboxylic acids is 1. The lowest BCUT2D eigenvalue weighted by Gasteiger charge is -2.25. The van der Waals surface area contributed by atoms with E-state index in [1.807, 2.05) is 36.1 Å². The Balaban J connectivity index is 2.75. The van der Waals surface area contributed by atoms with E-state index < -0.39 is 0 Å². The summed E-state index contributed by atoms with van der Waals surface area (Å²) >= 11 is 5.96. The average Bonchev–Trinajstić information content (AvgIpc) is 2.37. The predicted octanol–water partition coefficient (Wildman–Crippen LogP) is 4.12. The zero-order valence-corrected chi connectivity index (χ0v) is 12.2. The second-order valence-corrected chi connectivity index (χ2v) is 4.93. The van der Waals surface area contributed by atoms with Crippen LogP contribution in [0.5, 0.6) is 0 Å². The van der Waals surface area contributed by atoms with Gasteiger partial charge in [0, 0.05) is 24.0 Å². The number of hydrogen-bond donors (Lipinski definition) is 0. The van der Waals surface area contributed by atoms with E-state index in [1.165, 1.54) is 0 Å². The van der Waals surface area contributed by atoms with Gasteiger partial charge in [0.05, 0.1) is 0 Å². The van der Waals surface area contributed by atoms with Crippen molar-refractivity contribution in [3.63, 3.8) is 0 Å². The molecule has 1 amide bonds. The van der Waals surface area contributed by atoms with E-state index in [1.54, 1.807) is 0 Å². The Bertz CT molecular complexity index is 388. The van der Waals surface area contributed by atoms with Crippen molar-refractivity contribution in [2.45, 2.75) is 40.2 Å². The Labute approximate surface area is 115 Å². The predicted molar refractivity (Wildman–Crippen MR) is 76.6 cm³/mol. The van der Waals surface area contributed by atoms with Crippen LogP contribution in [0.25, 0.3) is 0 Å². The molecule has 1 rings (SSSR count). The van der Waals surface area contributed by atoms with Gasteiger partial charge in [-0.3, -0.25) is 4.79 Å². The van der Waals surface area contributed by atoms with Crippen LogP contribution >= 0.6 is 11.6 Å². The topological polar surface area (TPSA) is 20.3 Å². The third-order valence-corrected chi connectivity index (χ3v) is 3.53. The summed E-state index contributed by atoms with van der Waals surface area (Å²) < 4.78 is 0. The summed E-state index contributed by atoms with van der Waals surface area (Å²) in [5.74, 6) is 0.395. The summed E-state index contributed by atoms with van der Waals surface area (Å²) in [7, 11) is 0. The first-order valence-electron chi connectivity index (χ1n) is 6.65. The van der Waals surface area contributed by atoms with Gasteiger partial charge in [0.1, 0.15) is 0 Å². The Kier molecular flexibility index (Phi) is 6.20. The van der Waals surface area contributed by atoms with Gasteiger partial charge >= 0.3 is 0 Å². The molecule has 0 radical (unpaired) electrons. The summed E-state index contributed by atoms with van der Waals surface area (Å²) in [4.78, 5) is 14.2. The molecule has 1 aromatic rings. The van der Waals surface area contributed by atoms with Crippen LogP contribution in [0.4, 0.5) is 0 Å². The van der Waals surface area contributed by atoms with Gasteiger partial charge in [-0.05, 0) is 37.5 Å². The van der Waals surface area contributed by atoms with Crippen LogP contribution in [-0.4, -0.2) is 17.4 Å². The molecule has 0 atom stereocenters. The minimum Gasteiger partial charge on any atom is -0.338 e. The SMILES string of the molecule is CCC(CC)C(=O)N(CC)Cc1cccc(Cl)c1. The van der Waals surface area contributed by atoms with Crippen molar-refractivity contribution in [1.82, 2.24) is 4.90 Å². The second kappa shape index (κ2) is 7.42. The molecule has 3 heteroatoms. The van der Waals surface area contributed by atoms with Gasteiger partial charge in [0.15, 0.2) is 0 Å². The fourth-order valence-corrected chi connectivity index (χ4v) is 2.31. The molecule has 0 aromatic heterocycles. The Morgan fingerprint density at radius 3 is 2.44 bits per heavy atom. The molecule has 0 aliphatic rings. The van der Waals surface area contributed by atoms with Crippen molar-refractivity contribution in [1.29, 1.82) is 0 Å². The van der Waals surface area contributed by atoms with E-state index in [4.69, 9.17) is 11.6 Å². The van der Waals surface area contributed by atoms with Crippen molar-refractivity contribution in [2.75, 3.05) is 6.54 Å². The number of amides is 1. The lowest BCUT2D eigenvalue weighted by atomic mass is 10.0. The molecule has 0 aliphatic heterocycles.